The molecule has 6 aromatic rings. The lowest BCUT2D eigenvalue weighted by atomic mass is 9.75. The maximum absolute atomic E-state index is 10.1. The zero-order chi connectivity index (χ0) is 30.7. The number of para-hydroxylation sites is 2. The number of hydrogen-bond acceptors (Lipinski definition) is 3. The minimum absolute atomic E-state index is 0.469. The van der Waals surface area contributed by atoms with Crippen LogP contribution in [-0.4, -0.2) is 17.2 Å². The van der Waals surface area contributed by atoms with Crippen LogP contribution >= 0.6 is 0 Å². The third kappa shape index (κ3) is 6.96. The maximum atomic E-state index is 10.1. The van der Waals surface area contributed by atoms with Gasteiger partial charge < -0.3 is 14.9 Å². The van der Waals surface area contributed by atoms with Gasteiger partial charge in [0.05, 0.1) is 5.69 Å². The Labute approximate surface area is 260 Å². The average molecular weight is 572 g/mol. The first-order valence-corrected chi connectivity index (χ1v) is 14.5. The molecular weight excluding hydrogens is 537 g/mol. The summed E-state index contributed by atoms with van der Waals surface area (Å²) in [6.45, 7) is 6.72. The zero-order valence-electron chi connectivity index (χ0n) is 24.5. The van der Waals surface area contributed by atoms with Crippen LogP contribution in [0.5, 0.6) is 0 Å². The van der Waals surface area contributed by atoms with Crippen LogP contribution in [0.15, 0.2) is 183 Å². The van der Waals surface area contributed by atoms with Crippen LogP contribution in [0.25, 0.3) is 33.4 Å². The molecule has 0 fully saturated rings. The molecule has 0 unspecified atom stereocenters. The number of benzene rings is 6. The van der Waals surface area contributed by atoms with Gasteiger partial charge in [0.2, 0.25) is 0 Å². The molecule has 0 aliphatic rings. The van der Waals surface area contributed by atoms with Crippen molar-refractivity contribution in [2.24, 2.45) is 0 Å². The third-order valence-corrected chi connectivity index (χ3v) is 7.28. The second-order valence-corrected chi connectivity index (χ2v) is 10.1. The number of nitrogens with zero attached hydrogens (tertiary/aromatic N) is 1. The summed E-state index contributed by atoms with van der Waals surface area (Å²) in [6, 6.07) is 53.4. The Kier molecular flexibility index (Phi) is 10.0. The quantitative estimate of drug-likeness (QED) is 0.141. The van der Waals surface area contributed by atoms with Gasteiger partial charge in [0.25, 0.3) is 0 Å². The molecule has 214 valence electrons. The van der Waals surface area contributed by atoms with Gasteiger partial charge in [-0.1, -0.05) is 147 Å². The van der Waals surface area contributed by atoms with Crippen molar-refractivity contribution in [3.05, 3.63) is 183 Å². The lowest BCUT2D eigenvalue weighted by Crippen LogP contribution is -2.31. The number of rotatable bonds is 8. The normalized spacial score (nSPS) is 10.2. The molecule has 3 nitrogen and oxygen atoms in total. The van der Waals surface area contributed by atoms with Crippen LogP contribution in [0.4, 0.5) is 17.1 Å². The van der Waals surface area contributed by atoms with Crippen LogP contribution in [0.3, 0.4) is 0 Å². The summed E-state index contributed by atoms with van der Waals surface area (Å²) in [7, 11) is -1.57. The highest BCUT2D eigenvalue weighted by Gasteiger charge is 2.21. The molecule has 2 N–H and O–H groups in total. The highest BCUT2D eigenvalue weighted by Crippen LogP contribution is 2.41. The molecule has 4 heteroatoms. The van der Waals surface area contributed by atoms with Crippen LogP contribution in [0, 0.1) is 0 Å². The van der Waals surface area contributed by atoms with Crippen molar-refractivity contribution < 1.29 is 10.0 Å². The Morgan fingerprint density at radius 3 is 1.55 bits per heavy atom. The average Bonchev–Trinajstić information content (AvgIpc) is 3.10. The molecule has 0 bridgehead atoms. The monoisotopic (exact) mass is 571 g/mol. The van der Waals surface area contributed by atoms with Crippen LogP contribution < -0.4 is 10.4 Å². The highest BCUT2D eigenvalue weighted by atomic mass is 16.4. The molecular formula is C40H34BNO2. The lowest BCUT2D eigenvalue weighted by Gasteiger charge is -2.28. The van der Waals surface area contributed by atoms with E-state index in [0.29, 0.717) is 5.46 Å². The first kappa shape index (κ1) is 30.1. The summed E-state index contributed by atoms with van der Waals surface area (Å²) in [6.07, 6.45) is 3.28. The topological polar surface area (TPSA) is 43.7 Å². The van der Waals surface area contributed by atoms with Gasteiger partial charge in [0, 0.05) is 16.9 Å². The fourth-order valence-electron chi connectivity index (χ4n) is 5.18. The van der Waals surface area contributed by atoms with Crippen LogP contribution in [-0.2, 0) is 0 Å². The predicted molar refractivity (Wildman–Crippen MR) is 188 cm³/mol. The lowest BCUT2D eigenvalue weighted by molar-refractivity contribution is 0.426. The molecule has 0 amide bonds. The summed E-state index contributed by atoms with van der Waals surface area (Å²) < 4.78 is 0. The van der Waals surface area contributed by atoms with E-state index in [1.165, 1.54) is 11.1 Å². The molecule has 0 aliphatic carbocycles. The van der Waals surface area contributed by atoms with Gasteiger partial charge in [-0.3, -0.25) is 0 Å². The fourth-order valence-corrected chi connectivity index (χ4v) is 5.18. The van der Waals surface area contributed by atoms with Crippen molar-refractivity contribution in [3.63, 3.8) is 0 Å². The Morgan fingerprint density at radius 1 is 0.455 bits per heavy atom. The summed E-state index contributed by atoms with van der Waals surface area (Å²) in [5.74, 6) is 0. The predicted octanol–water partition coefficient (Wildman–Crippen LogP) is 9.20. The van der Waals surface area contributed by atoms with E-state index in [9.17, 15) is 10.0 Å². The number of anilines is 3. The van der Waals surface area contributed by atoms with E-state index in [-0.39, 0.29) is 0 Å². The first-order valence-electron chi connectivity index (χ1n) is 14.5. The second-order valence-electron chi connectivity index (χ2n) is 10.1. The van der Waals surface area contributed by atoms with E-state index >= 15 is 0 Å². The Morgan fingerprint density at radius 2 is 0.932 bits per heavy atom. The highest BCUT2D eigenvalue weighted by molar-refractivity contribution is 6.60. The molecule has 0 aliphatic heterocycles. The van der Waals surface area contributed by atoms with Gasteiger partial charge >= 0.3 is 7.12 Å². The Bertz CT molecular complexity index is 1810. The summed E-state index contributed by atoms with van der Waals surface area (Å²) >= 11 is 0. The van der Waals surface area contributed by atoms with E-state index in [0.717, 1.165) is 39.3 Å². The SMILES string of the molecule is C=CC=C.OB(O)c1ccccc1-c1ccccc1N(c1ccccc1)c1ccc(-c2cccc(-c3ccccc3)c2)cc1. The maximum Gasteiger partial charge on any atom is 0.489 e. The van der Waals surface area contributed by atoms with Gasteiger partial charge in [-0.2, -0.15) is 0 Å². The van der Waals surface area contributed by atoms with E-state index in [1.807, 2.05) is 60.7 Å². The summed E-state index contributed by atoms with van der Waals surface area (Å²) in [4.78, 5) is 2.21. The molecule has 0 radical (unpaired) electrons. The van der Waals surface area contributed by atoms with Crippen molar-refractivity contribution in [3.8, 4) is 33.4 Å². The molecule has 44 heavy (non-hydrogen) atoms. The van der Waals surface area contributed by atoms with Crippen molar-refractivity contribution >= 4 is 29.6 Å². The van der Waals surface area contributed by atoms with Gasteiger partial charge in [-0.05, 0) is 69.7 Å². The van der Waals surface area contributed by atoms with Gasteiger partial charge in [-0.25, -0.2) is 0 Å². The largest absolute Gasteiger partial charge is 0.489 e. The molecule has 0 heterocycles. The smallest absolute Gasteiger partial charge is 0.423 e. The number of allylic oxidation sites excluding steroid dienone is 2. The molecule has 0 aromatic heterocycles. The van der Waals surface area contributed by atoms with E-state index in [2.05, 4.69) is 109 Å². The molecule has 0 atom stereocenters. The van der Waals surface area contributed by atoms with Crippen molar-refractivity contribution in [2.75, 3.05) is 4.90 Å². The second kappa shape index (κ2) is 14.7. The zero-order valence-corrected chi connectivity index (χ0v) is 24.5. The minimum atomic E-state index is -1.57. The van der Waals surface area contributed by atoms with Crippen molar-refractivity contribution in [1.82, 2.24) is 0 Å². The third-order valence-electron chi connectivity index (χ3n) is 7.28. The summed E-state index contributed by atoms with van der Waals surface area (Å²) in [5.41, 5.74) is 9.80. The Hall–Kier alpha value is -5.42. The summed E-state index contributed by atoms with van der Waals surface area (Å²) in [5, 5.41) is 20.2. The van der Waals surface area contributed by atoms with E-state index in [4.69, 9.17) is 0 Å². The molecule has 6 rings (SSSR count). The number of hydrogen-bond donors (Lipinski definition) is 2. The standard InChI is InChI=1S/C36H28BNO2.C4H6/c39-37(40)35-20-9-7-18-33(35)34-19-8-10-21-36(34)38(31-16-5-2-6-17-31)32-24-22-28(23-25-32)30-15-11-14-29(26-30)27-12-3-1-4-13-27;1-3-4-2/h1-26,39-40H;3-4H,1-2H2. The van der Waals surface area contributed by atoms with Gasteiger partial charge in [0.1, 0.15) is 0 Å². The molecule has 0 spiro atoms. The van der Waals surface area contributed by atoms with Crippen LogP contribution in [0.2, 0.25) is 0 Å². The van der Waals surface area contributed by atoms with E-state index in [1.54, 1.807) is 18.2 Å². The van der Waals surface area contributed by atoms with Gasteiger partial charge in [0.15, 0.2) is 0 Å². The molecule has 0 saturated carbocycles. The van der Waals surface area contributed by atoms with Gasteiger partial charge in [-0.15, -0.1) is 0 Å². The first-order chi connectivity index (χ1) is 21.6. The van der Waals surface area contributed by atoms with Crippen molar-refractivity contribution in [1.29, 1.82) is 0 Å². The molecule has 6 aromatic carbocycles. The molecule has 0 saturated heterocycles. The van der Waals surface area contributed by atoms with E-state index < -0.39 is 7.12 Å². The Balaban J connectivity index is 0.000000906. The fraction of sp³-hybridized carbons (Fsp3) is 0. The minimum Gasteiger partial charge on any atom is -0.423 e. The van der Waals surface area contributed by atoms with Crippen molar-refractivity contribution in [2.45, 2.75) is 0 Å². The van der Waals surface area contributed by atoms with Crippen LogP contribution in [0.1, 0.15) is 0 Å².